The van der Waals surface area contributed by atoms with Crippen LogP contribution in [0.5, 0.6) is 0 Å². The largest absolute Gasteiger partial charge is 0.421 e. The van der Waals surface area contributed by atoms with Gasteiger partial charge in [0.2, 0.25) is 0 Å². The second-order valence-corrected chi connectivity index (χ2v) is 4.37. The highest BCUT2D eigenvalue weighted by molar-refractivity contribution is 6.00. The number of ether oxygens (including phenoxy) is 1. The molecule has 2 heterocycles. The summed E-state index contributed by atoms with van der Waals surface area (Å²) in [5.74, 6) is 0. The molecule has 0 aliphatic heterocycles. The van der Waals surface area contributed by atoms with Crippen molar-refractivity contribution in [1.82, 2.24) is 9.55 Å². The Labute approximate surface area is 109 Å². The van der Waals surface area contributed by atoms with Crippen molar-refractivity contribution in [3.63, 3.8) is 0 Å². The Bertz CT molecular complexity index is 773. The van der Waals surface area contributed by atoms with Crippen molar-refractivity contribution in [3.8, 4) is 0 Å². The van der Waals surface area contributed by atoms with Crippen LogP contribution in [0.25, 0.3) is 22.0 Å². The first-order valence-electron chi connectivity index (χ1n) is 6.17. The summed E-state index contributed by atoms with van der Waals surface area (Å²) < 4.78 is 12.3. The lowest BCUT2D eigenvalue weighted by molar-refractivity contribution is 0.190. The number of nitrogens with zero attached hydrogens (tertiary/aromatic N) is 2. The van der Waals surface area contributed by atoms with Gasteiger partial charge in [0.25, 0.3) is 0 Å². The van der Waals surface area contributed by atoms with Crippen molar-refractivity contribution in [3.05, 3.63) is 41.0 Å². The van der Waals surface area contributed by atoms with Crippen molar-refractivity contribution in [2.24, 2.45) is 0 Å². The topological polar surface area (TPSA) is 57.3 Å². The van der Waals surface area contributed by atoms with Gasteiger partial charge in [0.05, 0.1) is 11.8 Å². The minimum atomic E-state index is -0.390. The molecule has 0 atom stereocenters. The molecule has 5 heteroatoms. The van der Waals surface area contributed by atoms with Crippen LogP contribution >= 0.6 is 0 Å². The van der Waals surface area contributed by atoms with Gasteiger partial charge in [0.1, 0.15) is 5.58 Å². The third kappa shape index (κ3) is 2.02. The van der Waals surface area contributed by atoms with Gasteiger partial charge in [-0.15, -0.1) is 0 Å². The van der Waals surface area contributed by atoms with Crippen LogP contribution in [-0.4, -0.2) is 23.3 Å². The lowest BCUT2D eigenvalue weighted by atomic mass is 10.2. The SMILES string of the molecule is COCCCn1cnc2c(=O)oc3ccccc3c21. The molecule has 0 spiro atoms. The average molecular weight is 258 g/mol. The van der Waals surface area contributed by atoms with Gasteiger partial charge in [-0.1, -0.05) is 12.1 Å². The number of fused-ring (bicyclic) bond motifs is 3. The Morgan fingerprint density at radius 3 is 3.05 bits per heavy atom. The average Bonchev–Trinajstić information content (AvgIpc) is 2.84. The predicted molar refractivity (Wildman–Crippen MR) is 72.3 cm³/mol. The van der Waals surface area contributed by atoms with Crippen LogP contribution < -0.4 is 5.63 Å². The molecular weight excluding hydrogens is 244 g/mol. The summed E-state index contributed by atoms with van der Waals surface area (Å²) in [5, 5.41) is 0.909. The van der Waals surface area contributed by atoms with Gasteiger partial charge in [0.15, 0.2) is 5.52 Å². The Hall–Kier alpha value is -2.14. The standard InChI is InChI=1S/C14H14N2O3/c1-18-8-4-7-16-9-15-12-13(16)10-5-2-3-6-11(10)19-14(12)17/h2-3,5-6,9H,4,7-8H2,1H3. The van der Waals surface area contributed by atoms with Gasteiger partial charge >= 0.3 is 5.63 Å². The highest BCUT2D eigenvalue weighted by atomic mass is 16.5. The van der Waals surface area contributed by atoms with E-state index >= 15 is 0 Å². The predicted octanol–water partition coefficient (Wildman–Crippen LogP) is 2.18. The summed E-state index contributed by atoms with van der Waals surface area (Å²) >= 11 is 0. The number of para-hydroxylation sites is 1. The second-order valence-electron chi connectivity index (χ2n) is 4.37. The number of hydrogen-bond acceptors (Lipinski definition) is 4. The lowest BCUT2D eigenvalue weighted by Gasteiger charge is -2.05. The van der Waals surface area contributed by atoms with Gasteiger partial charge in [-0.05, 0) is 18.6 Å². The molecule has 1 aromatic carbocycles. The van der Waals surface area contributed by atoms with E-state index in [1.807, 2.05) is 22.8 Å². The van der Waals surface area contributed by atoms with Gasteiger partial charge in [-0.2, -0.15) is 0 Å². The van der Waals surface area contributed by atoms with Crippen molar-refractivity contribution in [2.45, 2.75) is 13.0 Å². The highest BCUT2D eigenvalue weighted by Gasteiger charge is 2.12. The molecule has 0 aliphatic carbocycles. The molecule has 0 bridgehead atoms. The number of imidazole rings is 1. The van der Waals surface area contributed by atoms with Crippen molar-refractivity contribution in [1.29, 1.82) is 0 Å². The molecule has 5 nitrogen and oxygen atoms in total. The van der Waals surface area contributed by atoms with E-state index in [0.29, 0.717) is 17.7 Å². The number of methoxy groups -OCH3 is 1. The number of aromatic nitrogens is 2. The van der Waals surface area contributed by atoms with Gasteiger partial charge in [-0.3, -0.25) is 0 Å². The van der Waals surface area contributed by atoms with E-state index in [1.54, 1.807) is 19.5 Å². The molecule has 0 fully saturated rings. The molecule has 0 saturated carbocycles. The fraction of sp³-hybridized carbons (Fsp3) is 0.286. The first-order chi connectivity index (χ1) is 9.31. The Morgan fingerprint density at radius 1 is 1.37 bits per heavy atom. The second kappa shape index (κ2) is 4.85. The summed E-state index contributed by atoms with van der Waals surface area (Å²) in [4.78, 5) is 16.0. The summed E-state index contributed by atoms with van der Waals surface area (Å²) in [6.07, 6.45) is 2.56. The normalized spacial score (nSPS) is 11.4. The van der Waals surface area contributed by atoms with Gasteiger partial charge < -0.3 is 13.7 Å². The summed E-state index contributed by atoms with van der Waals surface area (Å²) in [6, 6.07) is 7.51. The number of rotatable bonds is 4. The van der Waals surface area contributed by atoms with Crippen LogP contribution in [0, 0.1) is 0 Å². The third-order valence-electron chi connectivity index (χ3n) is 3.12. The molecule has 0 unspecified atom stereocenters. The first kappa shape index (κ1) is 11.9. The maximum Gasteiger partial charge on any atom is 0.364 e. The molecular formula is C14H14N2O3. The zero-order valence-corrected chi connectivity index (χ0v) is 10.6. The van der Waals surface area contributed by atoms with E-state index < -0.39 is 0 Å². The minimum absolute atomic E-state index is 0.385. The van der Waals surface area contributed by atoms with Crippen LogP contribution in [0.15, 0.2) is 39.8 Å². The van der Waals surface area contributed by atoms with E-state index in [2.05, 4.69) is 4.98 Å². The lowest BCUT2D eigenvalue weighted by Crippen LogP contribution is -2.03. The Balaban J connectivity index is 2.21. The Kier molecular flexibility index (Phi) is 3.05. The molecule has 2 aromatic heterocycles. The fourth-order valence-corrected chi connectivity index (χ4v) is 2.26. The summed E-state index contributed by atoms with van der Waals surface area (Å²) in [5.41, 5.74) is 1.42. The molecule has 19 heavy (non-hydrogen) atoms. The molecule has 0 aliphatic rings. The number of aryl methyl sites for hydroxylation is 1. The third-order valence-corrected chi connectivity index (χ3v) is 3.12. The number of hydrogen-bond donors (Lipinski definition) is 0. The van der Waals surface area contributed by atoms with Crippen molar-refractivity contribution >= 4 is 22.0 Å². The van der Waals surface area contributed by atoms with Crippen LogP contribution in [0.2, 0.25) is 0 Å². The monoisotopic (exact) mass is 258 g/mol. The molecule has 0 N–H and O–H groups in total. The maximum absolute atomic E-state index is 11.9. The zero-order chi connectivity index (χ0) is 13.2. The van der Waals surface area contributed by atoms with Crippen LogP contribution in [0.4, 0.5) is 0 Å². The highest BCUT2D eigenvalue weighted by Crippen LogP contribution is 2.22. The molecule has 3 aromatic rings. The van der Waals surface area contributed by atoms with Gasteiger partial charge in [0, 0.05) is 25.6 Å². The van der Waals surface area contributed by atoms with E-state index in [0.717, 1.165) is 23.9 Å². The fourth-order valence-electron chi connectivity index (χ4n) is 2.26. The van der Waals surface area contributed by atoms with Gasteiger partial charge in [-0.25, -0.2) is 9.78 Å². The smallest absolute Gasteiger partial charge is 0.364 e. The minimum Gasteiger partial charge on any atom is -0.421 e. The molecule has 0 radical (unpaired) electrons. The zero-order valence-electron chi connectivity index (χ0n) is 10.6. The molecule has 0 amide bonds. The Morgan fingerprint density at radius 2 is 2.21 bits per heavy atom. The number of benzene rings is 1. The summed E-state index contributed by atoms with van der Waals surface area (Å²) in [6.45, 7) is 1.44. The van der Waals surface area contributed by atoms with Crippen LogP contribution in [-0.2, 0) is 11.3 Å². The van der Waals surface area contributed by atoms with E-state index in [1.165, 1.54) is 0 Å². The van der Waals surface area contributed by atoms with Crippen LogP contribution in [0.3, 0.4) is 0 Å². The molecule has 98 valence electrons. The molecule has 3 rings (SSSR count). The summed E-state index contributed by atoms with van der Waals surface area (Å²) in [7, 11) is 1.68. The maximum atomic E-state index is 11.9. The first-order valence-corrected chi connectivity index (χ1v) is 6.17. The van der Waals surface area contributed by atoms with Crippen LogP contribution in [0.1, 0.15) is 6.42 Å². The molecule has 0 saturated heterocycles. The van der Waals surface area contributed by atoms with E-state index in [-0.39, 0.29) is 5.63 Å². The van der Waals surface area contributed by atoms with E-state index in [9.17, 15) is 4.79 Å². The van der Waals surface area contributed by atoms with E-state index in [4.69, 9.17) is 9.15 Å². The van der Waals surface area contributed by atoms with Crippen molar-refractivity contribution < 1.29 is 9.15 Å². The quantitative estimate of drug-likeness (QED) is 0.531. The van der Waals surface area contributed by atoms with Crippen molar-refractivity contribution in [2.75, 3.05) is 13.7 Å².